The molecule has 1 amide bonds. The van der Waals surface area contributed by atoms with Gasteiger partial charge in [-0.3, -0.25) is 9.48 Å². The summed E-state index contributed by atoms with van der Waals surface area (Å²) in [6.07, 6.45) is 1.62. The average molecular weight is 391 g/mol. The number of nitrogens with zero attached hydrogens (tertiary/aromatic N) is 6. The summed E-state index contributed by atoms with van der Waals surface area (Å²) >= 11 is 0. The zero-order chi connectivity index (χ0) is 20.4. The lowest BCUT2D eigenvalue weighted by Gasteiger charge is -2.09. The van der Waals surface area contributed by atoms with Crippen molar-refractivity contribution in [2.45, 2.75) is 13.5 Å². The van der Waals surface area contributed by atoms with Crippen LogP contribution in [0.25, 0.3) is 22.6 Å². The van der Waals surface area contributed by atoms with Gasteiger partial charge in [0, 0.05) is 35.6 Å². The van der Waals surface area contributed by atoms with E-state index >= 15 is 0 Å². The SMILES string of the molecule is CCn1nnc(-c2cccc(NC(=O)c3cc(F)cc(-c4ccnn4C)c3)c2)n1. The molecule has 2 aromatic heterocycles. The van der Waals surface area contributed by atoms with Crippen LogP contribution in [0.4, 0.5) is 10.1 Å². The summed E-state index contributed by atoms with van der Waals surface area (Å²) in [6, 6.07) is 13.1. The maximum atomic E-state index is 14.1. The van der Waals surface area contributed by atoms with Crippen molar-refractivity contribution >= 4 is 11.6 Å². The number of carbonyl (C=O) groups is 1. The topological polar surface area (TPSA) is 90.5 Å². The fraction of sp³-hybridized carbons (Fsp3) is 0.150. The summed E-state index contributed by atoms with van der Waals surface area (Å²) < 4.78 is 15.8. The molecule has 0 saturated carbocycles. The second kappa shape index (κ2) is 7.63. The Morgan fingerprint density at radius 1 is 1.14 bits per heavy atom. The minimum Gasteiger partial charge on any atom is -0.322 e. The van der Waals surface area contributed by atoms with Crippen LogP contribution >= 0.6 is 0 Å². The summed E-state index contributed by atoms with van der Waals surface area (Å²) in [5.74, 6) is -0.453. The third kappa shape index (κ3) is 3.88. The van der Waals surface area contributed by atoms with Gasteiger partial charge < -0.3 is 5.32 Å². The Labute approximate surface area is 166 Å². The fourth-order valence-corrected chi connectivity index (χ4v) is 2.96. The highest BCUT2D eigenvalue weighted by Crippen LogP contribution is 2.23. The summed E-state index contributed by atoms with van der Waals surface area (Å²) in [5, 5.41) is 19.1. The monoisotopic (exact) mass is 391 g/mol. The number of aryl methyl sites for hydroxylation is 2. The molecule has 146 valence electrons. The highest BCUT2D eigenvalue weighted by Gasteiger charge is 2.13. The molecule has 0 aliphatic heterocycles. The van der Waals surface area contributed by atoms with Crippen molar-refractivity contribution < 1.29 is 9.18 Å². The van der Waals surface area contributed by atoms with Crippen LogP contribution in [0.2, 0.25) is 0 Å². The minimum absolute atomic E-state index is 0.210. The Morgan fingerprint density at radius 2 is 2.00 bits per heavy atom. The molecule has 4 rings (SSSR count). The molecule has 0 atom stereocenters. The van der Waals surface area contributed by atoms with Crippen LogP contribution in [0.3, 0.4) is 0 Å². The number of nitrogens with one attached hydrogen (secondary N) is 1. The quantitative estimate of drug-likeness (QED) is 0.564. The number of aromatic nitrogens is 6. The van der Waals surface area contributed by atoms with Gasteiger partial charge in [0.15, 0.2) is 0 Å². The van der Waals surface area contributed by atoms with Gasteiger partial charge in [-0.05, 0) is 48.5 Å². The van der Waals surface area contributed by atoms with Gasteiger partial charge in [0.25, 0.3) is 5.91 Å². The van der Waals surface area contributed by atoms with Gasteiger partial charge in [-0.25, -0.2) is 4.39 Å². The maximum Gasteiger partial charge on any atom is 0.255 e. The largest absolute Gasteiger partial charge is 0.322 e. The van der Waals surface area contributed by atoms with E-state index in [2.05, 4.69) is 25.8 Å². The van der Waals surface area contributed by atoms with E-state index in [0.717, 1.165) is 5.56 Å². The van der Waals surface area contributed by atoms with Crippen molar-refractivity contribution in [3.63, 3.8) is 0 Å². The first kappa shape index (κ1) is 18.5. The van der Waals surface area contributed by atoms with E-state index in [-0.39, 0.29) is 5.56 Å². The van der Waals surface area contributed by atoms with Gasteiger partial charge in [-0.2, -0.15) is 9.90 Å². The van der Waals surface area contributed by atoms with Crippen molar-refractivity contribution in [3.05, 3.63) is 66.1 Å². The normalized spacial score (nSPS) is 10.9. The van der Waals surface area contributed by atoms with Gasteiger partial charge in [0.05, 0.1) is 12.2 Å². The molecule has 0 fully saturated rings. The van der Waals surface area contributed by atoms with Crippen LogP contribution in [-0.2, 0) is 13.6 Å². The smallest absolute Gasteiger partial charge is 0.255 e. The van der Waals surface area contributed by atoms with E-state index in [0.29, 0.717) is 29.3 Å². The highest BCUT2D eigenvalue weighted by molar-refractivity contribution is 6.05. The Hall–Kier alpha value is -3.88. The second-order valence-corrected chi connectivity index (χ2v) is 6.41. The number of hydrogen-bond acceptors (Lipinski definition) is 5. The Morgan fingerprint density at radius 3 is 2.72 bits per heavy atom. The predicted octanol–water partition coefficient (Wildman–Crippen LogP) is 3.15. The summed E-state index contributed by atoms with van der Waals surface area (Å²) in [6.45, 7) is 2.53. The molecule has 2 aromatic carbocycles. The van der Waals surface area contributed by atoms with Crippen LogP contribution in [-0.4, -0.2) is 35.9 Å². The first-order chi connectivity index (χ1) is 14.0. The van der Waals surface area contributed by atoms with E-state index in [9.17, 15) is 9.18 Å². The second-order valence-electron chi connectivity index (χ2n) is 6.41. The van der Waals surface area contributed by atoms with E-state index in [1.165, 1.54) is 16.9 Å². The molecule has 4 aromatic rings. The van der Waals surface area contributed by atoms with E-state index in [4.69, 9.17) is 0 Å². The summed E-state index contributed by atoms with van der Waals surface area (Å²) in [5.41, 5.74) is 2.76. The predicted molar refractivity (Wildman–Crippen MR) is 105 cm³/mol. The summed E-state index contributed by atoms with van der Waals surface area (Å²) in [4.78, 5) is 14.2. The van der Waals surface area contributed by atoms with Crippen molar-refractivity contribution in [2.24, 2.45) is 7.05 Å². The lowest BCUT2D eigenvalue weighted by atomic mass is 10.1. The lowest BCUT2D eigenvalue weighted by molar-refractivity contribution is 0.102. The number of tetrazole rings is 1. The van der Waals surface area contributed by atoms with E-state index in [1.54, 1.807) is 48.3 Å². The van der Waals surface area contributed by atoms with Crippen LogP contribution in [0.1, 0.15) is 17.3 Å². The van der Waals surface area contributed by atoms with Gasteiger partial charge in [0.2, 0.25) is 5.82 Å². The van der Waals surface area contributed by atoms with Crippen LogP contribution < -0.4 is 5.32 Å². The third-order valence-electron chi connectivity index (χ3n) is 4.39. The number of hydrogen-bond donors (Lipinski definition) is 1. The number of rotatable bonds is 5. The molecule has 0 radical (unpaired) electrons. The first-order valence-electron chi connectivity index (χ1n) is 9.02. The lowest BCUT2D eigenvalue weighted by Crippen LogP contribution is -2.12. The maximum absolute atomic E-state index is 14.1. The molecule has 2 heterocycles. The van der Waals surface area contributed by atoms with Crippen molar-refractivity contribution in [3.8, 4) is 22.6 Å². The molecule has 0 spiro atoms. The zero-order valence-corrected chi connectivity index (χ0v) is 15.9. The van der Waals surface area contributed by atoms with E-state index < -0.39 is 11.7 Å². The van der Waals surface area contributed by atoms with Crippen molar-refractivity contribution in [1.29, 1.82) is 0 Å². The zero-order valence-electron chi connectivity index (χ0n) is 15.9. The molecule has 8 nitrogen and oxygen atoms in total. The van der Waals surface area contributed by atoms with Crippen LogP contribution in [0.5, 0.6) is 0 Å². The van der Waals surface area contributed by atoms with Gasteiger partial charge in [-0.1, -0.05) is 12.1 Å². The fourth-order valence-electron chi connectivity index (χ4n) is 2.96. The number of amides is 1. The number of carbonyl (C=O) groups excluding carboxylic acids is 1. The molecule has 9 heteroatoms. The molecule has 0 aliphatic rings. The van der Waals surface area contributed by atoms with Crippen LogP contribution in [0, 0.1) is 5.82 Å². The van der Waals surface area contributed by atoms with Gasteiger partial charge in [-0.15, -0.1) is 10.2 Å². The number of benzene rings is 2. The molecular formula is C20H18FN7O. The van der Waals surface area contributed by atoms with Crippen LogP contribution in [0.15, 0.2) is 54.7 Å². The Kier molecular flexibility index (Phi) is 4.86. The van der Waals surface area contributed by atoms with E-state index in [1.807, 2.05) is 13.0 Å². The molecule has 0 unspecified atom stereocenters. The minimum atomic E-state index is -0.497. The molecule has 29 heavy (non-hydrogen) atoms. The number of anilines is 1. The Bertz CT molecular complexity index is 1180. The molecular weight excluding hydrogens is 373 g/mol. The highest BCUT2D eigenvalue weighted by atomic mass is 19.1. The molecule has 0 saturated heterocycles. The molecule has 0 aliphatic carbocycles. The number of halogens is 1. The molecule has 0 bridgehead atoms. The Balaban J connectivity index is 1.59. The first-order valence-corrected chi connectivity index (χ1v) is 9.02. The van der Waals surface area contributed by atoms with Gasteiger partial charge >= 0.3 is 0 Å². The average Bonchev–Trinajstić information content (AvgIpc) is 3.36. The summed E-state index contributed by atoms with van der Waals surface area (Å²) in [7, 11) is 1.76. The van der Waals surface area contributed by atoms with Crippen molar-refractivity contribution in [1.82, 2.24) is 30.0 Å². The van der Waals surface area contributed by atoms with Gasteiger partial charge in [0.1, 0.15) is 5.82 Å². The molecule has 1 N–H and O–H groups in total. The standard InChI is InChI=1S/C20H18FN7O/c1-3-28-25-19(24-26-28)13-5-4-6-17(12-13)23-20(29)15-9-14(10-16(21)11-15)18-7-8-22-27(18)2/h4-12H,3H2,1-2H3,(H,23,29). The third-order valence-corrected chi connectivity index (χ3v) is 4.39. The van der Waals surface area contributed by atoms with Crippen molar-refractivity contribution in [2.75, 3.05) is 5.32 Å².